The Morgan fingerprint density at radius 2 is 1.93 bits per heavy atom. The lowest BCUT2D eigenvalue weighted by Crippen LogP contribution is -2.23. The van der Waals surface area contributed by atoms with Gasteiger partial charge in [0.2, 0.25) is 5.91 Å². The molecule has 0 aliphatic heterocycles. The lowest BCUT2D eigenvalue weighted by molar-refractivity contribution is -0.118. The van der Waals surface area contributed by atoms with Gasteiger partial charge in [-0.25, -0.2) is 0 Å². The van der Waals surface area contributed by atoms with Gasteiger partial charge in [-0.3, -0.25) is 15.9 Å². The summed E-state index contributed by atoms with van der Waals surface area (Å²) in [5.41, 5.74) is 13.0. The molecule has 0 heterocycles. The summed E-state index contributed by atoms with van der Waals surface area (Å²) in [7, 11) is 0. The zero-order chi connectivity index (χ0) is 10.6. The summed E-state index contributed by atoms with van der Waals surface area (Å²) in [6.07, 6.45) is -0.0284. The van der Waals surface area contributed by atoms with Gasteiger partial charge >= 0.3 is 0 Å². The number of hydrogen-bond acceptors (Lipinski definition) is 2. The molecule has 1 amide bonds. The fourth-order valence-corrected chi connectivity index (χ4v) is 1.28. The Balaban J connectivity index is 2.89. The number of nitrogens with one attached hydrogen (secondary N) is 2. The summed E-state index contributed by atoms with van der Waals surface area (Å²) in [6, 6.07) is 9.09. The molecule has 14 heavy (non-hydrogen) atoms. The average Bonchev–Trinajstić information content (AvgIpc) is 2.15. The summed E-state index contributed by atoms with van der Waals surface area (Å²) in [4.78, 5) is 10.6. The van der Waals surface area contributed by atoms with E-state index in [9.17, 15) is 4.79 Å². The summed E-state index contributed by atoms with van der Waals surface area (Å²) >= 11 is 0. The van der Waals surface area contributed by atoms with Crippen molar-refractivity contribution >= 4 is 11.7 Å². The Morgan fingerprint density at radius 3 is 2.36 bits per heavy atom. The van der Waals surface area contributed by atoms with Crippen LogP contribution in [0.4, 0.5) is 0 Å². The number of rotatable bonds is 4. The number of hydrogen-bond donors (Lipinski definition) is 2. The predicted molar refractivity (Wildman–Crippen MR) is 53.8 cm³/mol. The molecule has 1 unspecified atom stereocenters. The quantitative estimate of drug-likeness (QED) is 0.545. The van der Waals surface area contributed by atoms with Crippen LogP contribution in [-0.2, 0) is 4.79 Å². The van der Waals surface area contributed by atoms with Crippen LogP contribution in [0.25, 0.3) is 0 Å². The molecule has 0 saturated heterocycles. The molecule has 0 bridgehead atoms. The Bertz CT molecular complexity index is 334. The van der Waals surface area contributed by atoms with Gasteiger partial charge in [0.15, 0.2) is 0 Å². The van der Waals surface area contributed by atoms with Crippen molar-refractivity contribution in [3.63, 3.8) is 0 Å². The molecule has 1 atom stereocenters. The number of nitrogens with two attached hydrogens (primary N) is 1. The standard InChI is InChI=1S/C10H12N3O/c11-9(14)6-8(10(12)13)7-4-2-1-3-5-7/h1-5,8,11H,6H2,(H3,12,13). The van der Waals surface area contributed by atoms with E-state index in [4.69, 9.17) is 16.9 Å². The van der Waals surface area contributed by atoms with Crippen LogP contribution in [0.2, 0.25) is 0 Å². The van der Waals surface area contributed by atoms with Gasteiger partial charge in [0, 0.05) is 12.3 Å². The number of amides is 1. The largest absolute Gasteiger partial charge is 0.387 e. The highest BCUT2D eigenvalue weighted by molar-refractivity contribution is 5.89. The van der Waals surface area contributed by atoms with Crippen LogP contribution in [0.15, 0.2) is 30.3 Å². The zero-order valence-electron chi connectivity index (χ0n) is 7.66. The third kappa shape index (κ3) is 2.58. The first kappa shape index (κ1) is 10.2. The van der Waals surface area contributed by atoms with Crippen LogP contribution >= 0.6 is 0 Å². The van der Waals surface area contributed by atoms with Crippen molar-refractivity contribution in [3.05, 3.63) is 35.9 Å². The molecule has 0 spiro atoms. The highest BCUT2D eigenvalue weighted by Gasteiger charge is 2.17. The van der Waals surface area contributed by atoms with Crippen molar-refractivity contribution in [1.29, 1.82) is 5.41 Å². The van der Waals surface area contributed by atoms with Crippen molar-refractivity contribution < 1.29 is 4.79 Å². The molecule has 1 rings (SSSR count). The van der Waals surface area contributed by atoms with E-state index >= 15 is 0 Å². The Morgan fingerprint density at radius 1 is 1.36 bits per heavy atom. The number of carbonyl (C=O) groups is 1. The van der Waals surface area contributed by atoms with E-state index in [0.717, 1.165) is 5.56 Å². The van der Waals surface area contributed by atoms with Gasteiger partial charge in [0.1, 0.15) is 0 Å². The lowest BCUT2D eigenvalue weighted by atomic mass is 9.94. The van der Waals surface area contributed by atoms with E-state index in [2.05, 4.69) is 0 Å². The molecule has 0 aliphatic carbocycles. The SMILES string of the molecule is [NH]C(=O)CC(C(=N)N)c1ccccc1. The molecule has 0 saturated carbocycles. The highest BCUT2D eigenvalue weighted by Crippen LogP contribution is 2.18. The van der Waals surface area contributed by atoms with Crippen molar-refractivity contribution in [3.8, 4) is 0 Å². The number of amidine groups is 1. The molecule has 4 N–H and O–H groups in total. The first-order valence-corrected chi connectivity index (χ1v) is 4.24. The van der Waals surface area contributed by atoms with Crippen molar-refractivity contribution in [2.24, 2.45) is 5.73 Å². The van der Waals surface area contributed by atoms with Gasteiger partial charge in [-0.15, -0.1) is 0 Å². The van der Waals surface area contributed by atoms with Crippen molar-refractivity contribution in [1.82, 2.24) is 5.73 Å². The van der Waals surface area contributed by atoms with Crippen LogP contribution < -0.4 is 11.5 Å². The molecule has 0 aliphatic rings. The van der Waals surface area contributed by atoms with E-state index in [1.165, 1.54) is 0 Å². The van der Waals surface area contributed by atoms with Gasteiger partial charge < -0.3 is 5.73 Å². The third-order valence-electron chi connectivity index (χ3n) is 1.97. The third-order valence-corrected chi connectivity index (χ3v) is 1.97. The minimum absolute atomic E-state index is 0.0284. The number of benzene rings is 1. The summed E-state index contributed by atoms with van der Waals surface area (Å²) < 4.78 is 0. The summed E-state index contributed by atoms with van der Waals surface area (Å²) in [6.45, 7) is 0. The second kappa shape index (κ2) is 4.41. The smallest absolute Gasteiger partial charge is 0.239 e. The summed E-state index contributed by atoms with van der Waals surface area (Å²) in [5.74, 6) is -1.23. The second-order valence-corrected chi connectivity index (χ2v) is 3.05. The van der Waals surface area contributed by atoms with Crippen LogP contribution in [-0.4, -0.2) is 11.7 Å². The van der Waals surface area contributed by atoms with E-state index in [1.54, 1.807) is 12.1 Å². The molecule has 1 radical (unpaired) electrons. The first-order chi connectivity index (χ1) is 6.61. The minimum atomic E-state index is -0.700. The fourth-order valence-electron chi connectivity index (χ4n) is 1.28. The van der Waals surface area contributed by atoms with E-state index in [1.807, 2.05) is 18.2 Å². The van der Waals surface area contributed by atoms with E-state index in [0.29, 0.717) is 0 Å². The second-order valence-electron chi connectivity index (χ2n) is 3.05. The van der Waals surface area contributed by atoms with Gasteiger partial charge in [-0.1, -0.05) is 30.3 Å². The van der Waals surface area contributed by atoms with Gasteiger partial charge in [0.25, 0.3) is 0 Å². The monoisotopic (exact) mass is 190 g/mol. The van der Waals surface area contributed by atoms with Crippen LogP contribution in [0.3, 0.4) is 0 Å². The normalized spacial score (nSPS) is 12.0. The molecule has 1 aromatic carbocycles. The maximum Gasteiger partial charge on any atom is 0.239 e. The van der Waals surface area contributed by atoms with Crippen molar-refractivity contribution in [2.45, 2.75) is 12.3 Å². The van der Waals surface area contributed by atoms with Gasteiger partial charge in [0.05, 0.1) is 5.84 Å². The molecule has 4 nitrogen and oxygen atoms in total. The zero-order valence-corrected chi connectivity index (χ0v) is 7.66. The maximum atomic E-state index is 10.6. The van der Waals surface area contributed by atoms with Crippen LogP contribution in [0.5, 0.6) is 0 Å². The van der Waals surface area contributed by atoms with Gasteiger partial charge in [-0.2, -0.15) is 0 Å². The molecule has 4 heteroatoms. The van der Waals surface area contributed by atoms with Crippen LogP contribution in [0.1, 0.15) is 17.9 Å². The van der Waals surface area contributed by atoms with Crippen LogP contribution in [0, 0.1) is 5.41 Å². The predicted octanol–water partition coefficient (Wildman–Crippen LogP) is 0.906. The summed E-state index contributed by atoms with van der Waals surface area (Å²) in [5, 5.41) is 7.32. The minimum Gasteiger partial charge on any atom is -0.387 e. The Labute approximate surface area is 82.4 Å². The van der Waals surface area contributed by atoms with Crippen molar-refractivity contribution in [2.75, 3.05) is 0 Å². The molecule has 1 aromatic rings. The number of carbonyl (C=O) groups excluding carboxylic acids is 1. The maximum absolute atomic E-state index is 10.6. The molecule has 73 valence electrons. The topological polar surface area (TPSA) is 90.7 Å². The highest BCUT2D eigenvalue weighted by atomic mass is 16.1. The molecular formula is C10H12N3O. The van der Waals surface area contributed by atoms with Gasteiger partial charge in [-0.05, 0) is 5.56 Å². The van der Waals surface area contributed by atoms with E-state index in [-0.39, 0.29) is 12.3 Å². The molecule has 0 fully saturated rings. The fraction of sp³-hybridized carbons (Fsp3) is 0.200. The van der Waals surface area contributed by atoms with E-state index < -0.39 is 11.8 Å². The molecular weight excluding hydrogens is 178 g/mol. The average molecular weight is 190 g/mol. The Hall–Kier alpha value is -1.84. The Kier molecular flexibility index (Phi) is 3.23. The lowest BCUT2D eigenvalue weighted by Gasteiger charge is -2.13. The molecule has 0 aromatic heterocycles. The first-order valence-electron chi connectivity index (χ1n) is 4.24.